The maximum Gasteiger partial charge on any atom is 0.145 e. The molecule has 1 aliphatic rings. The Kier molecular flexibility index (Phi) is 4.06. The zero-order valence-electron chi connectivity index (χ0n) is 14.0. The van der Waals surface area contributed by atoms with Crippen molar-refractivity contribution in [2.75, 3.05) is 11.5 Å². The molecule has 134 valence electrons. The molecule has 4 atom stereocenters. The molecule has 8 heteroatoms. The molecule has 3 aromatic heterocycles. The van der Waals surface area contributed by atoms with Crippen molar-refractivity contribution in [2.24, 2.45) is 5.92 Å². The molecule has 1 aliphatic carbocycles. The minimum absolute atomic E-state index is 0.191. The van der Waals surface area contributed by atoms with E-state index >= 15 is 0 Å². The predicted octanol–water partition coefficient (Wildman–Crippen LogP) is 0.987. The van der Waals surface area contributed by atoms with Crippen LogP contribution in [-0.4, -0.2) is 41.9 Å². The number of nitrogen functional groups attached to an aromatic ring is 2. The highest BCUT2D eigenvalue weighted by Crippen LogP contribution is 2.38. The lowest BCUT2D eigenvalue weighted by molar-refractivity contribution is 0.0139. The monoisotopic (exact) mass is 352 g/mol. The van der Waals surface area contributed by atoms with Crippen molar-refractivity contribution in [3.63, 3.8) is 0 Å². The highest BCUT2D eigenvalue weighted by Gasteiger charge is 2.41. The van der Waals surface area contributed by atoms with E-state index in [9.17, 15) is 10.2 Å². The van der Waals surface area contributed by atoms with Gasteiger partial charge in [-0.3, -0.25) is 0 Å². The van der Waals surface area contributed by atoms with Crippen molar-refractivity contribution < 1.29 is 10.2 Å². The zero-order chi connectivity index (χ0) is 18.3. The van der Waals surface area contributed by atoms with Gasteiger partial charge in [-0.1, -0.05) is 12.2 Å². The molecule has 0 aromatic carbocycles. The SMILES string of the molecule is Nc1ccc(/C=C/[C@H]2C[C@@H](n3ccc4c(N)ncnc43)[C@H](O)[C@@H]2O)cn1. The molecule has 6 N–H and O–H groups in total. The summed E-state index contributed by atoms with van der Waals surface area (Å²) in [5.41, 5.74) is 13.0. The molecule has 1 fully saturated rings. The van der Waals surface area contributed by atoms with Crippen LogP contribution in [0.3, 0.4) is 0 Å². The Morgan fingerprint density at radius 3 is 2.69 bits per heavy atom. The first-order valence-corrected chi connectivity index (χ1v) is 8.37. The zero-order valence-corrected chi connectivity index (χ0v) is 14.0. The van der Waals surface area contributed by atoms with Crippen LogP contribution in [0, 0.1) is 5.92 Å². The summed E-state index contributed by atoms with van der Waals surface area (Å²) in [6.07, 6.45) is 7.48. The molecule has 0 amide bonds. The van der Waals surface area contributed by atoms with Gasteiger partial charge in [0.05, 0.1) is 17.5 Å². The second-order valence-corrected chi connectivity index (χ2v) is 6.54. The lowest BCUT2D eigenvalue weighted by atomic mass is 10.0. The normalized spacial score (nSPS) is 26.1. The first-order valence-electron chi connectivity index (χ1n) is 8.37. The topological polar surface area (TPSA) is 136 Å². The molecule has 3 aromatic rings. The van der Waals surface area contributed by atoms with Crippen molar-refractivity contribution in [1.82, 2.24) is 19.5 Å². The molecule has 0 radical (unpaired) electrons. The largest absolute Gasteiger partial charge is 0.390 e. The van der Waals surface area contributed by atoms with Crippen molar-refractivity contribution in [3.8, 4) is 0 Å². The van der Waals surface area contributed by atoms with E-state index in [4.69, 9.17) is 11.5 Å². The standard InChI is InChI=1S/C18H20N6O2/c19-14-4-2-10(8-21-14)1-3-11-7-13(16(26)15(11)25)24-6-5-12-17(20)22-9-23-18(12)24/h1-6,8-9,11,13,15-16,25-26H,7H2,(H2,19,21)(H2,20,22,23)/b3-1+/t11-,13+,15+,16-/m0/s1. The number of aliphatic hydroxyl groups is 2. The fourth-order valence-electron chi connectivity index (χ4n) is 3.52. The first kappa shape index (κ1) is 16.5. The third-order valence-electron chi connectivity index (χ3n) is 4.94. The van der Waals surface area contributed by atoms with Crippen LogP contribution in [0.2, 0.25) is 0 Å². The van der Waals surface area contributed by atoms with Crippen LogP contribution in [0.4, 0.5) is 11.6 Å². The van der Waals surface area contributed by atoms with Gasteiger partial charge >= 0.3 is 0 Å². The average molecular weight is 352 g/mol. The fraction of sp³-hybridized carbons (Fsp3) is 0.278. The highest BCUT2D eigenvalue weighted by molar-refractivity contribution is 5.86. The number of hydrogen-bond donors (Lipinski definition) is 4. The molecule has 1 saturated carbocycles. The Hall–Kier alpha value is -2.97. The molecule has 26 heavy (non-hydrogen) atoms. The van der Waals surface area contributed by atoms with Crippen molar-refractivity contribution >= 4 is 28.7 Å². The van der Waals surface area contributed by atoms with Gasteiger partial charge in [0.2, 0.25) is 0 Å². The van der Waals surface area contributed by atoms with Crippen LogP contribution < -0.4 is 11.5 Å². The van der Waals surface area contributed by atoms with Gasteiger partial charge in [-0.05, 0) is 30.2 Å². The predicted molar refractivity (Wildman–Crippen MR) is 98.8 cm³/mol. The van der Waals surface area contributed by atoms with E-state index in [0.29, 0.717) is 23.7 Å². The second kappa shape index (κ2) is 6.40. The summed E-state index contributed by atoms with van der Waals surface area (Å²) in [4.78, 5) is 12.3. The van der Waals surface area contributed by atoms with E-state index in [0.717, 1.165) is 10.9 Å². The lowest BCUT2D eigenvalue weighted by Gasteiger charge is -2.18. The number of aromatic nitrogens is 4. The summed E-state index contributed by atoms with van der Waals surface area (Å²) < 4.78 is 1.86. The van der Waals surface area contributed by atoms with E-state index < -0.39 is 12.2 Å². The average Bonchev–Trinajstić information content (AvgIpc) is 3.18. The van der Waals surface area contributed by atoms with Crippen LogP contribution in [-0.2, 0) is 0 Å². The molecule has 0 aliphatic heterocycles. The lowest BCUT2D eigenvalue weighted by Crippen LogP contribution is -2.29. The Morgan fingerprint density at radius 2 is 1.92 bits per heavy atom. The van der Waals surface area contributed by atoms with Gasteiger partial charge in [-0.2, -0.15) is 0 Å². The van der Waals surface area contributed by atoms with Gasteiger partial charge in [0.15, 0.2) is 0 Å². The number of hydrogen-bond acceptors (Lipinski definition) is 7. The molecular weight excluding hydrogens is 332 g/mol. The van der Waals surface area contributed by atoms with Crippen LogP contribution in [0.15, 0.2) is 43.0 Å². The maximum atomic E-state index is 10.6. The molecule has 3 heterocycles. The summed E-state index contributed by atoms with van der Waals surface area (Å²) in [5, 5.41) is 21.8. The molecule has 8 nitrogen and oxygen atoms in total. The van der Waals surface area contributed by atoms with Gasteiger partial charge in [0, 0.05) is 18.3 Å². The van der Waals surface area contributed by atoms with Crippen LogP contribution >= 0.6 is 0 Å². The van der Waals surface area contributed by atoms with Crippen molar-refractivity contribution in [3.05, 3.63) is 48.6 Å². The third kappa shape index (κ3) is 2.79. The van der Waals surface area contributed by atoms with Crippen LogP contribution in [0.1, 0.15) is 18.0 Å². The number of anilines is 2. The van der Waals surface area contributed by atoms with Gasteiger partial charge in [-0.15, -0.1) is 0 Å². The summed E-state index contributed by atoms with van der Waals surface area (Å²) in [6, 6.07) is 5.11. The minimum atomic E-state index is -0.902. The smallest absolute Gasteiger partial charge is 0.145 e. The Bertz CT molecular complexity index is 952. The van der Waals surface area contributed by atoms with E-state index in [1.165, 1.54) is 6.33 Å². The van der Waals surface area contributed by atoms with Gasteiger partial charge in [0.25, 0.3) is 0 Å². The van der Waals surface area contributed by atoms with Gasteiger partial charge < -0.3 is 26.2 Å². The Morgan fingerprint density at radius 1 is 1.08 bits per heavy atom. The van der Waals surface area contributed by atoms with E-state index in [1.807, 2.05) is 35.0 Å². The summed E-state index contributed by atoms with van der Waals surface area (Å²) >= 11 is 0. The minimum Gasteiger partial charge on any atom is -0.390 e. The van der Waals surface area contributed by atoms with E-state index in [1.54, 1.807) is 12.3 Å². The summed E-state index contributed by atoms with van der Waals surface area (Å²) in [6.45, 7) is 0. The third-order valence-corrected chi connectivity index (χ3v) is 4.94. The molecule has 0 bridgehead atoms. The van der Waals surface area contributed by atoms with E-state index in [-0.39, 0.29) is 12.0 Å². The maximum absolute atomic E-state index is 10.6. The number of rotatable bonds is 3. The van der Waals surface area contributed by atoms with Crippen LogP contribution in [0.5, 0.6) is 0 Å². The van der Waals surface area contributed by atoms with Gasteiger partial charge in [-0.25, -0.2) is 15.0 Å². The number of nitrogens with zero attached hydrogens (tertiary/aromatic N) is 4. The first-order chi connectivity index (χ1) is 12.5. The fourth-order valence-corrected chi connectivity index (χ4v) is 3.52. The molecule has 0 spiro atoms. The second-order valence-electron chi connectivity index (χ2n) is 6.54. The highest BCUT2D eigenvalue weighted by atomic mass is 16.3. The summed E-state index contributed by atoms with van der Waals surface area (Å²) in [5.74, 6) is 0.664. The molecular formula is C18H20N6O2. The Labute approximate surface area is 149 Å². The quantitative estimate of drug-likeness (QED) is 0.552. The van der Waals surface area contributed by atoms with E-state index in [2.05, 4.69) is 15.0 Å². The number of aliphatic hydroxyl groups excluding tert-OH is 2. The number of nitrogens with two attached hydrogens (primary N) is 2. The van der Waals surface area contributed by atoms with Crippen LogP contribution in [0.25, 0.3) is 17.1 Å². The molecule has 0 unspecified atom stereocenters. The number of fused-ring (bicyclic) bond motifs is 1. The van der Waals surface area contributed by atoms with Crippen molar-refractivity contribution in [2.45, 2.75) is 24.7 Å². The van der Waals surface area contributed by atoms with Gasteiger partial charge in [0.1, 0.15) is 29.7 Å². The summed E-state index contributed by atoms with van der Waals surface area (Å²) in [7, 11) is 0. The molecule has 0 saturated heterocycles. The number of pyridine rings is 1. The van der Waals surface area contributed by atoms with Crippen molar-refractivity contribution in [1.29, 1.82) is 0 Å². The molecule has 4 rings (SSSR count). The Balaban J connectivity index is 1.59.